The zero-order valence-corrected chi connectivity index (χ0v) is 15.6. The molecule has 0 aliphatic carbocycles. The molecule has 3 rings (SSSR count). The Morgan fingerprint density at radius 2 is 1.62 bits per heavy atom. The molecular formula is C19H18BrN3O3. The van der Waals surface area contributed by atoms with Crippen molar-refractivity contribution in [3.63, 3.8) is 0 Å². The lowest BCUT2D eigenvalue weighted by molar-refractivity contribution is -0.384. The summed E-state index contributed by atoms with van der Waals surface area (Å²) >= 11 is 3.39. The fraction of sp³-hybridized carbons (Fsp3) is 0.211. The van der Waals surface area contributed by atoms with Crippen LogP contribution in [0.1, 0.15) is 5.56 Å². The second-order valence-corrected chi connectivity index (χ2v) is 6.89. The Hall–Kier alpha value is -2.67. The Morgan fingerprint density at radius 3 is 2.19 bits per heavy atom. The molecule has 2 aromatic rings. The number of nitrogens with zero attached hydrogens (tertiary/aromatic N) is 3. The number of hydrogen-bond donors (Lipinski definition) is 0. The molecule has 0 atom stereocenters. The smallest absolute Gasteiger partial charge is 0.269 e. The van der Waals surface area contributed by atoms with E-state index in [0.29, 0.717) is 26.2 Å². The minimum absolute atomic E-state index is 0.00346. The van der Waals surface area contributed by atoms with Crippen molar-refractivity contribution < 1.29 is 9.72 Å². The van der Waals surface area contributed by atoms with E-state index >= 15 is 0 Å². The minimum atomic E-state index is -0.405. The highest BCUT2D eigenvalue weighted by molar-refractivity contribution is 9.10. The van der Waals surface area contributed by atoms with E-state index in [9.17, 15) is 14.9 Å². The van der Waals surface area contributed by atoms with Gasteiger partial charge in [-0.25, -0.2) is 0 Å². The number of nitro benzene ring substituents is 1. The lowest BCUT2D eigenvalue weighted by Gasteiger charge is -2.35. The Morgan fingerprint density at radius 1 is 1.00 bits per heavy atom. The number of carbonyl (C=O) groups is 1. The number of hydrogen-bond acceptors (Lipinski definition) is 4. The number of rotatable bonds is 4. The average Bonchev–Trinajstić information content (AvgIpc) is 2.67. The molecule has 0 aromatic heterocycles. The highest BCUT2D eigenvalue weighted by atomic mass is 79.9. The van der Waals surface area contributed by atoms with Crippen LogP contribution in [0.2, 0.25) is 0 Å². The third-order valence-electron chi connectivity index (χ3n) is 4.31. The van der Waals surface area contributed by atoms with Crippen molar-refractivity contribution >= 4 is 39.3 Å². The first-order valence-electron chi connectivity index (χ1n) is 8.25. The first kappa shape index (κ1) is 18.1. The first-order chi connectivity index (χ1) is 12.5. The van der Waals surface area contributed by atoms with E-state index in [2.05, 4.69) is 20.8 Å². The maximum Gasteiger partial charge on any atom is 0.269 e. The van der Waals surface area contributed by atoms with Crippen molar-refractivity contribution in [1.82, 2.24) is 4.90 Å². The molecule has 1 aliphatic rings. The summed E-state index contributed by atoms with van der Waals surface area (Å²) in [6, 6.07) is 14.3. The highest BCUT2D eigenvalue weighted by Gasteiger charge is 2.20. The summed E-state index contributed by atoms with van der Waals surface area (Å²) in [4.78, 5) is 26.6. The summed E-state index contributed by atoms with van der Waals surface area (Å²) in [7, 11) is 0. The Labute approximate surface area is 160 Å². The second kappa shape index (κ2) is 8.14. The van der Waals surface area contributed by atoms with Crippen molar-refractivity contribution in [1.29, 1.82) is 0 Å². The van der Waals surface area contributed by atoms with Gasteiger partial charge in [-0.2, -0.15) is 0 Å². The van der Waals surface area contributed by atoms with Gasteiger partial charge in [-0.05, 0) is 35.9 Å². The standard InChI is InChI=1S/C19H18BrN3O3/c20-16-4-1-15(2-5-16)3-10-19(24)22-13-11-21(12-14-22)17-6-8-18(9-7-17)23(25)26/h1-10H,11-14H2/b10-3+. The van der Waals surface area contributed by atoms with Crippen molar-refractivity contribution in [3.8, 4) is 0 Å². The summed E-state index contributed by atoms with van der Waals surface area (Å²) < 4.78 is 1.00. The van der Waals surface area contributed by atoms with Crippen molar-refractivity contribution in [2.75, 3.05) is 31.1 Å². The predicted molar refractivity (Wildman–Crippen MR) is 105 cm³/mol. The molecule has 0 unspecified atom stereocenters. The molecule has 1 saturated heterocycles. The molecule has 1 heterocycles. The molecule has 0 radical (unpaired) electrons. The average molecular weight is 416 g/mol. The number of carbonyl (C=O) groups excluding carboxylic acids is 1. The van der Waals surface area contributed by atoms with Crippen molar-refractivity contribution in [2.24, 2.45) is 0 Å². The van der Waals surface area contributed by atoms with E-state index in [-0.39, 0.29) is 11.6 Å². The zero-order chi connectivity index (χ0) is 18.5. The molecule has 0 saturated carbocycles. The SMILES string of the molecule is O=C(/C=C/c1ccc(Br)cc1)N1CCN(c2ccc([N+](=O)[O-])cc2)CC1. The Kier molecular flexibility index (Phi) is 5.68. The summed E-state index contributed by atoms with van der Waals surface area (Å²) in [5.41, 5.74) is 2.00. The van der Waals surface area contributed by atoms with Gasteiger partial charge in [0.1, 0.15) is 0 Å². The highest BCUT2D eigenvalue weighted by Crippen LogP contribution is 2.20. The lowest BCUT2D eigenvalue weighted by atomic mass is 10.2. The molecule has 0 spiro atoms. The van der Waals surface area contributed by atoms with E-state index < -0.39 is 4.92 Å². The van der Waals surface area contributed by atoms with Crippen LogP contribution < -0.4 is 4.90 Å². The topological polar surface area (TPSA) is 66.7 Å². The number of halogens is 1. The molecule has 1 aliphatic heterocycles. The predicted octanol–water partition coefficient (Wildman–Crippen LogP) is 3.72. The van der Waals surface area contributed by atoms with Crippen LogP contribution in [-0.4, -0.2) is 41.9 Å². The third-order valence-corrected chi connectivity index (χ3v) is 4.83. The fourth-order valence-electron chi connectivity index (χ4n) is 2.82. The van der Waals surface area contributed by atoms with Gasteiger partial charge >= 0.3 is 0 Å². The van der Waals surface area contributed by atoms with E-state index in [1.165, 1.54) is 12.1 Å². The minimum Gasteiger partial charge on any atom is -0.368 e. The van der Waals surface area contributed by atoms with E-state index in [1.54, 1.807) is 18.2 Å². The lowest BCUT2D eigenvalue weighted by Crippen LogP contribution is -2.48. The molecule has 2 aromatic carbocycles. The normalized spacial score (nSPS) is 14.7. The second-order valence-electron chi connectivity index (χ2n) is 5.97. The maximum atomic E-state index is 12.3. The van der Waals surface area contributed by atoms with Crippen LogP contribution in [0.15, 0.2) is 59.1 Å². The van der Waals surface area contributed by atoms with Crippen molar-refractivity contribution in [2.45, 2.75) is 0 Å². The summed E-state index contributed by atoms with van der Waals surface area (Å²) in [6.07, 6.45) is 3.42. The quantitative estimate of drug-likeness (QED) is 0.433. The van der Waals surface area contributed by atoms with Gasteiger partial charge in [-0.1, -0.05) is 28.1 Å². The molecule has 1 amide bonds. The molecule has 1 fully saturated rings. The van der Waals surface area contributed by atoms with Crippen molar-refractivity contribution in [3.05, 3.63) is 74.8 Å². The van der Waals surface area contributed by atoms with Crippen LogP contribution in [0.25, 0.3) is 6.08 Å². The molecule has 7 heteroatoms. The van der Waals surface area contributed by atoms with Gasteiger partial charge in [0.15, 0.2) is 0 Å². The molecule has 26 heavy (non-hydrogen) atoms. The van der Waals surface area contributed by atoms with Crippen LogP contribution in [0.4, 0.5) is 11.4 Å². The van der Waals surface area contributed by atoms with Gasteiger partial charge in [-0.15, -0.1) is 0 Å². The Balaban J connectivity index is 1.55. The van der Waals surface area contributed by atoms with Crippen LogP contribution in [0, 0.1) is 10.1 Å². The Bertz CT molecular complexity index is 811. The number of piperazine rings is 1. The molecule has 6 nitrogen and oxygen atoms in total. The summed E-state index contributed by atoms with van der Waals surface area (Å²) in [5, 5.41) is 10.7. The zero-order valence-electron chi connectivity index (χ0n) is 14.0. The third kappa shape index (κ3) is 4.49. The molecular weight excluding hydrogens is 398 g/mol. The number of anilines is 1. The summed E-state index contributed by atoms with van der Waals surface area (Å²) in [6.45, 7) is 2.66. The maximum absolute atomic E-state index is 12.3. The van der Waals surface area contributed by atoms with Crippen LogP contribution in [0.5, 0.6) is 0 Å². The van der Waals surface area contributed by atoms with E-state index in [1.807, 2.05) is 35.2 Å². The molecule has 0 N–H and O–H groups in total. The van der Waals surface area contributed by atoms with Gasteiger partial charge in [-0.3, -0.25) is 14.9 Å². The largest absolute Gasteiger partial charge is 0.368 e. The van der Waals surface area contributed by atoms with Gasteiger partial charge in [0.25, 0.3) is 5.69 Å². The van der Waals surface area contributed by atoms with Crippen LogP contribution >= 0.6 is 15.9 Å². The summed E-state index contributed by atoms with van der Waals surface area (Å²) in [5.74, 6) is -0.00346. The number of non-ortho nitro benzene ring substituents is 1. The van der Waals surface area contributed by atoms with Crippen LogP contribution in [-0.2, 0) is 4.79 Å². The van der Waals surface area contributed by atoms with E-state index in [0.717, 1.165) is 15.7 Å². The first-order valence-corrected chi connectivity index (χ1v) is 9.04. The number of amides is 1. The fourth-order valence-corrected chi connectivity index (χ4v) is 3.08. The van der Waals surface area contributed by atoms with Gasteiger partial charge in [0.05, 0.1) is 4.92 Å². The molecule has 0 bridgehead atoms. The number of benzene rings is 2. The monoisotopic (exact) mass is 415 g/mol. The van der Waals surface area contributed by atoms with Gasteiger partial charge in [0, 0.05) is 54.5 Å². The molecule has 134 valence electrons. The van der Waals surface area contributed by atoms with Gasteiger partial charge in [0.2, 0.25) is 5.91 Å². The number of nitro groups is 1. The van der Waals surface area contributed by atoms with Crippen LogP contribution in [0.3, 0.4) is 0 Å². The van der Waals surface area contributed by atoms with Gasteiger partial charge < -0.3 is 9.80 Å². The van der Waals surface area contributed by atoms with E-state index in [4.69, 9.17) is 0 Å².